The first-order chi connectivity index (χ1) is 5.75. The van der Waals surface area contributed by atoms with Crippen molar-refractivity contribution in [1.29, 1.82) is 0 Å². The smallest absolute Gasteiger partial charge is 0.246 e. The van der Waals surface area contributed by atoms with Crippen LogP contribution in [0.1, 0.15) is 13.3 Å². The molecular formula is C9H15NOS. The summed E-state index contributed by atoms with van der Waals surface area (Å²) in [7, 11) is 1.89. The van der Waals surface area contributed by atoms with E-state index < -0.39 is 0 Å². The van der Waals surface area contributed by atoms with Crippen LogP contribution in [0.2, 0.25) is 0 Å². The highest BCUT2D eigenvalue weighted by Gasteiger charge is 2.21. The normalized spacial score (nSPS) is 23.3. The van der Waals surface area contributed by atoms with E-state index in [0.29, 0.717) is 6.04 Å². The Balaban J connectivity index is 2.45. The lowest BCUT2D eigenvalue weighted by Crippen LogP contribution is -2.35. The van der Waals surface area contributed by atoms with Gasteiger partial charge in [-0.15, -0.1) is 0 Å². The summed E-state index contributed by atoms with van der Waals surface area (Å²) in [6.45, 7) is 1.87. The van der Waals surface area contributed by atoms with Gasteiger partial charge < -0.3 is 4.90 Å². The minimum absolute atomic E-state index is 0.130. The molecule has 1 unspecified atom stereocenters. The van der Waals surface area contributed by atoms with Crippen LogP contribution in [0, 0.1) is 0 Å². The van der Waals surface area contributed by atoms with Gasteiger partial charge in [0, 0.05) is 18.8 Å². The maximum absolute atomic E-state index is 11.4. The Kier molecular flexibility index (Phi) is 3.66. The summed E-state index contributed by atoms with van der Waals surface area (Å²) >= 11 is 1.93. The summed E-state index contributed by atoms with van der Waals surface area (Å²) in [5, 5.41) is 0. The molecule has 2 nitrogen and oxygen atoms in total. The largest absolute Gasteiger partial charge is 0.338 e. The molecule has 1 saturated heterocycles. The van der Waals surface area contributed by atoms with Gasteiger partial charge in [-0.1, -0.05) is 6.08 Å². The number of amides is 1. The molecule has 0 aromatic carbocycles. The van der Waals surface area contributed by atoms with E-state index >= 15 is 0 Å². The van der Waals surface area contributed by atoms with Gasteiger partial charge in [0.1, 0.15) is 0 Å². The van der Waals surface area contributed by atoms with Gasteiger partial charge in [-0.05, 0) is 25.2 Å². The summed E-state index contributed by atoms with van der Waals surface area (Å²) in [5.74, 6) is 2.42. The molecule has 0 aromatic heterocycles. The lowest BCUT2D eigenvalue weighted by Gasteiger charge is -2.21. The molecule has 1 atom stereocenters. The van der Waals surface area contributed by atoms with Crippen LogP contribution >= 0.6 is 11.8 Å². The highest BCUT2D eigenvalue weighted by atomic mass is 32.2. The van der Waals surface area contributed by atoms with Gasteiger partial charge >= 0.3 is 0 Å². The van der Waals surface area contributed by atoms with E-state index in [-0.39, 0.29) is 5.91 Å². The number of allylic oxidation sites excluding steroid dienone is 1. The van der Waals surface area contributed by atoms with Crippen LogP contribution in [0.15, 0.2) is 12.2 Å². The van der Waals surface area contributed by atoms with Crippen molar-refractivity contribution in [1.82, 2.24) is 4.90 Å². The molecule has 0 bridgehead atoms. The van der Waals surface area contributed by atoms with Crippen LogP contribution in [-0.4, -0.2) is 35.4 Å². The van der Waals surface area contributed by atoms with E-state index in [1.54, 1.807) is 12.2 Å². The van der Waals surface area contributed by atoms with E-state index in [4.69, 9.17) is 0 Å². The summed E-state index contributed by atoms with van der Waals surface area (Å²) < 4.78 is 0. The first-order valence-corrected chi connectivity index (χ1v) is 5.38. The SMILES string of the molecule is CC=CC(=O)N(C)C1CCSC1. The molecule has 0 spiro atoms. The first-order valence-electron chi connectivity index (χ1n) is 4.23. The second-order valence-electron chi connectivity index (χ2n) is 2.97. The van der Waals surface area contributed by atoms with Gasteiger partial charge in [0.2, 0.25) is 5.91 Å². The van der Waals surface area contributed by atoms with Gasteiger partial charge in [0.05, 0.1) is 0 Å². The Morgan fingerprint density at radius 1 is 1.67 bits per heavy atom. The minimum Gasteiger partial charge on any atom is -0.338 e. The quantitative estimate of drug-likeness (QED) is 0.608. The van der Waals surface area contributed by atoms with Crippen LogP contribution in [0.3, 0.4) is 0 Å². The number of hydrogen-bond donors (Lipinski definition) is 0. The number of thioether (sulfide) groups is 1. The molecule has 1 amide bonds. The summed E-state index contributed by atoms with van der Waals surface area (Å²) in [5.41, 5.74) is 0. The van der Waals surface area contributed by atoms with E-state index in [0.717, 1.165) is 12.2 Å². The molecule has 1 rings (SSSR count). The number of carbonyl (C=O) groups is 1. The standard InChI is InChI=1S/C9H15NOS/c1-3-4-9(11)10(2)8-5-6-12-7-8/h3-4,8H,5-7H2,1-2H3. The monoisotopic (exact) mass is 185 g/mol. The highest BCUT2D eigenvalue weighted by Crippen LogP contribution is 2.21. The first kappa shape index (κ1) is 9.65. The molecule has 0 aliphatic carbocycles. The van der Waals surface area contributed by atoms with Crippen LogP contribution in [-0.2, 0) is 4.79 Å². The van der Waals surface area contributed by atoms with Crippen molar-refractivity contribution in [2.24, 2.45) is 0 Å². The topological polar surface area (TPSA) is 20.3 Å². The van der Waals surface area contributed by atoms with Crippen LogP contribution in [0.5, 0.6) is 0 Å². The van der Waals surface area contributed by atoms with E-state index in [9.17, 15) is 4.79 Å². The van der Waals surface area contributed by atoms with E-state index in [1.807, 2.05) is 30.6 Å². The third kappa shape index (κ3) is 2.27. The predicted molar refractivity (Wildman–Crippen MR) is 53.3 cm³/mol. The van der Waals surface area contributed by atoms with Gasteiger partial charge in [0.15, 0.2) is 0 Å². The van der Waals surface area contributed by atoms with Gasteiger partial charge in [0.25, 0.3) is 0 Å². The molecule has 1 heterocycles. The third-order valence-electron chi connectivity index (χ3n) is 2.11. The van der Waals surface area contributed by atoms with Gasteiger partial charge in [-0.25, -0.2) is 0 Å². The van der Waals surface area contributed by atoms with Crippen molar-refractivity contribution in [3.63, 3.8) is 0 Å². The van der Waals surface area contributed by atoms with Crippen LogP contribution in [0.25, 0.3) is 0 Å². The zero-order valence-corrected chi connectivity index (χ0v) is 8.43. The van der Waals surface area contributed by atoms with Gasteiger partial charge in [-0.2, -0.15) is 11.8 Å². The second-order valence-corrected chi connectivity index (χ2v) is 4.12. The number of carbonyl (C=O) groups excluding carboxylic acids is 1. The fourth-order valence-corrected chi connectivity index (χ4v) is 2.54. The maximum atomic E-state index is 11.4. The maximum Gasteiger partial charge on any atom is 0.246 e. The fraction of sp³-hybridized carbons (Fsp3) is 0.667. The Labute approximate surface area is 78.0 Å². The van der Waals surface area contributed by atoms with E-state index in [2.05, 4.69) is 0 Å². The zero-order valence-electron chi connectivity index (χ0n) is 7.62. The molecule has 0 radical (unpaired) electrons. The summed E-state index contributed by atoms with van der Waals surface area (Å²) in [6, 6.07) is 0.457. The lowest BCUT2D eigenvalue weighted by molar-refractivity contribution is -0.126. The zero-order chi connectivity index (χ0) is 8.97. The molecule has 12 heavy (non-hydrogen) atoms. The summed E-state index contributed by atoms with van der Waals surface area (Å²) in [4.78, 5) is 13.2. The van der Waals surface area contributed by atoms with Crippen molar-refractivity contribution in [2.45, 2.75) is 19.4 Å². The number of likely N-dealkylation sites (N-methyl/N-ethyl adjacent to an activating group) is 1. The molecule has 1 aliphatic heterocycles. The van der Waals surface area contributed by atoms with Crippen LogP contribution < -0.4 is 0 Å². The molecule has 0 saturated carbocycles. The van der Waals surface area contributed by atoms with E-state index in [1.165, 1.54) is 5.75 Å². The molecule has 1 fully saturated rings. The Morgan fingerprint density at radius 2 is 2.42 bits per heavy atom. The van der Waals surface area contributed by atoms with Crippen molar-refractivity contribution in [3.8, 4) is 0 Å². The molecular weight excluding hydrogens is 170 g/mol. The molecule has 1 aliphatic rings. The predicted octanol–water partition coefficient (Wildman–Crippen LogP) is 1.53. The second kappa shape index (κ2) is 4.55. The highest BCUT2D eigenvalue weighted by molar-refractivity contribution is 7.99. The fourth-order valence-electron chi connectivity index (χ4n) is 1.27. The van der Waals surface area contributed by atoms with Crippen molar-refractivity contribution in [2.75, 3.05) is 18.6 Å². The molecule has 0 aromatic rings. The average Bonchev–Trinajstić information content (AvgIpc) is 2.55. The molecule has 3 heteroatoms. The number of rotatable bonds is 2. The number of hydrogen-bond acceptors (Lipinski definition) is 2. The summed E-state index contributed by atoms with van der Waals surface area (Å²) in [6.07, 6.45) is 4.56. The molecule has 0 N–H and O–H groups in total. The number of nitrogens with zero attached hydrogens (tertiary/aromatic N) is 1. The Morgan fingerprint density at radius 3 is 2.92 bits per heavy atom. The lowest BCUT2D eigenvalue weighted by atomic mass is 10.2. The Hall–Kier alpha value is -0.440. The van der Waals surface area contributed by atoms with Crippen molar-refractivity contribution < 1.29 is 4.79 Å². The van der Waals surface area contributed by atoms with Crippen molar-refractivity contribution in [3.05, 3.63) is 12.2 Å². The Bertz CT molecular complexity index is 185. The van der Waals surface area contributed by atoms with Crippen LogP contribution in [0.4, 0.5) is 0 Å². The minimum atomic E-state index is 0.130. The third-order valence-corrected chi connectivity index (χ3v) is 3.26. The van der Waals surface area contributed by atoms with Gasteiger partial charge in [-0.3, -0.25) is 4.79 Å². The average molecular weight is 185 g/mol. The molecule has 68 valence electrons. The van der Waals surface area contributed by atoms with Crippen molar-refractivity contribution >= 4 is 17.7 Å².